The third-order valence-electron chi connectivity index (χ3n) is 6.57. The van der Waals surface area contributed by atoms with Crippen LogP contribution in [0.1, 0.15) is 130 Å². The van der Waals surface area contributed by atoms with Gasteiger partial charge in [-0.3, -0.25) is 14.4 Å². The number of amides is 3. The van der Waals surface area contributed by atoms with Crippen molar-refractivity contribution < 1.29 is 24.0 Å². The van der Waals surface area contributed by atoms with Gasteiger partial charge in [0, 0.05) is 12.8 Å². The minimum Gasteiger partial charge on any atom is -0.345 e. The highest BCUT2D eigenvalue weighted by atomic mass is 16.7. The summed E-state index contributed by atoms with van der Waals surface area (Å²) in [5.41, 5.74) is 0. The van der Waals surface area contributed by atoms with E-state index in [9.17, 15) is 19.2 Å². The van der Waals surface area contributed by atoms with Crippen molar-refractivity contribution in [3.63, 3.8) is 0 Å². The molecule has 7 nitrogen and oxygen atoms in total. The summed E-state index contributed by atoms with van der Waals surface area (Å²) < 4.78 is 0. The van der Waals surface area contributed by atoms with Gasteiger partial charge in [0.1, 0.15) is 6.54 Å². The van der Waals surface area contributed by atoms with Gasteiger partial charge in [-0.2, -0.15) is 0 Å². The van der Waals surface area contributed by atoms with Crippen LogP contribution in [0.25, 0.3) is 0 Å². The van der Waals surface area contributed by atoms with E-state index in [-0.39, 0.29) is 24.8 Å². The van der Waals surface area contributed by atoms with Crippen LogP contribution in [0.15, 0.2) is 0 Å². The lowest BCUT2D eigenvalue weighted by Crippen LogP contribution is -2.38. The molecule has 196 valence electrons. The number of carbonyl (C=O) groups excluding carboxylic acids is 4. The van der Waals surface area contributed by atoms with Crippen molar-refractivity contribution in [2.45, 2.75) is 130 Å². The van der Waals surface area contributed by atoms with E-state index in [2.05, 4.69) is 12.2 Å². The van der Waals surface area contributed by atoms with Crippen LogP contribution in [-0.2, 0) is 24.0 Å². The average molecular weight is 481 g/mol. The summed E-state index contributed by atoms with van der Waals surface area (Å²) in [6.07, 6.45) is 19.4. The van der Waals surface area contributed by atoms with Crippen LogP contribution in [0, 0.1) is 11.8 Å². The number of nitrogens with zero attached hydrogens (tertiary/aromatic N) is 1. The number of carbonyl (C=O) groups is 4. The van der Waals surface area contributed by atoms with Crippen LogP contribution in [0.2, 0.25) is 0 Å². The molecule has 1 N–H and O–H groups in total. The molecule has 0 aromatic rings. The fraction of sp³-hybridized carbons (Fsp3) is 0.852. The Balaban J connectivity index is 1.94. The average Bonchev–Trinajstić information content (AvgIpc) is 3.08. The van der Waals surface area contributed by atoms with Crippen molar-refractivity contribution in [3.8, 4) is 0 Å². The molecule has 0 aromatic heterocycles. The van der Waals surface area contributed by atoms with Gasteiger partial charge in [0.2, 0.25) is 5.91 Å². The molecule has 1 fully saturated rings. The van der Waals surface area contributed by atoms with Gasteiger partial charge in [-0.1, -0.05) is 111 Å². The molecule has 1 saturated heterocycles. The Hall–Kier alpha value is -1.92. The van der Waals surface area contributed by atoms with Crippen molar-refractivity contribution in [2.24, 2.45) is 11.8 Å². The first-order chi connectivity index (χ1) is 16.4. The Morgan fingerprint density at radius 2 is 1.32 bits per heavy atom. The lowest BCUT2D eigenvalue weighted by Gasteiger charge is -2.15. The first-order valence-electron chi connectivity index (χ1n) is 13.7. The van der Waals surface area contributed by atoms with Gasteiger partial charge in [0.05, 0.1) is 5.92 Å². The predicted molar refractivity (Wildman–Crippen MR) is 133 cm³/mol. The van der Waals surface area contributed by atoms with E-state index in [0.29, 0.717) is 11.5 Å². The zero-order chi connectivity index (χ0) is 25.2. The van der Waals surface area contributed by atoms with E-state index >= 15 is 0 Å². The van der Waals surface area contributed by atoms with Gasteiger partial charge in [0.25, 0.3) is 11.8 Å². The smallest absolute Gasteiger partial charge is 0.345 e. The normalized spacial score (nSPS) is 15.9. The molecule has 34 heavy (non-hydrogen) atoms. The minimum absolute atomic E-state index is 0.00485. The van der Waals surface area contributed by atoms with E-state index in [1.165, 1.54) is 77.0 Å². The Bertz CT molecular complexity index is 620. The summed E-state index contributed by atoms with van der Waals surface area (Å²) in [7, 11) is 0. The maximum absolute atomic E-state index is 12.1. The molecule has 1 aliphatic heterocycles. The molecule has 0 aromatic carbocycles. The molecule has 1 rings (SSSR count). The third kappa shape index (κ3) is 13.1. The molecule has 1 atom stereocenters. The van der Waals surface area contributed by atoms with Gasteiger partial charge >= 0.3 is 5.97 Å². The van der Waals surface area contributed by atoms with Crippen LogP contribution in [0.5, 0.6) is 0 Å². The molecule has 0 spiro atoms. The lowest BCUT2D eigenvalue weighted by atomic mass is 9.95. The fourth-order valence-corrected chi connectivity index (χ4v) is 4.30. The standard InChI is InChI=1S/C27H48N2O5/c1-4-5-6-7-8-9-10-11-12-13-14-15-16-17-18-19-24(30)28-21-26(32)34-29-25(31)20-23(22(2)3)27(29)33/h22-23H,4-21H2,1-3H3,(H,28,30). The molecular formula is C27H48N2O5. The van der Waals surface area contributed by atoms with E-state index in [0.717, 1.165) is 19.3 Å². The Labute approximate surface area is 206 Å². The minimum atomic E-state index is -0.809. The van der Waals surface area contributed by atoms with Crippen LogP contribution in [-0.4, -0.2) is 35.3 Å². The van der Waals surface area contributed by atoms with Crippen molar-refractivity contribution in [1.29, 1.82) is 0 Å². The first-order valence-corrected chi connectivity index (χ1v) is 13.7. The van der Waals surface area contributed by atoms with Crippen molar-refractivity contribution in [1.82, 2.24) is 10.4 Å². The summed E-state index contributed by atoms with van der Waals surface area (Å²) in [5, 5.41) is 3.06. The van der Waals surface area contributed by atoms with Crippen LogP contribution in [0.4, 0.5) is 0 Å². The first kappa shape index (κ1) is 30.1. The molecule has 0 radical (unpaired) electrons. The molecule has 7 heteroatoms. The molecule has 3 amide bonds. The third-order valence-corrected chi connectivity index (χ3v) is 6.57. The summed E-state index contributed by atoms with van der Waals surface area (Å²) in [6, 6.07) is 0. The summed E-state index contributed by atoms with van der Waals surface area (Å²) in [5.74, 6) is -2.49. The summed E-state index contributed by atoms with van der Waals surface area (Å²) >= 11 is 0. The zero-order valence-corrected chi connectivity index (χ0v) is 21.9. The van der Waals surface area contributed by atoms with Gasteiger partial charge in [-0.15, -0.1) is 5.06 Å². The Morgan fingerprint density at radius 1 is 0.853 bits per heavy atom. The van der Waals surface area contributed by atoms with Crippen LogP contribution in [0.3, 0.4) is 0 Å². The number of imide groups is 1. The molecule has 1 aliphatic rings. The van der Waals surface area contributed by atoms with Crippen LogP contribution < -0.4 is 5.32 Å². The van der Waals surface area contributed by atoms with E-state index in [1.807, 2.05) is 13.8 Å². The fourth-order valence-electron chi connectivity index (χ4n) is 4.30. The molecule has 0 bridgehead atoms. The van der Waals surface area contributed by atoms with Gasteiger partial charge in [0.15, 0.2) is 0 Å². The predicted octanol–water partition coefficient (Wildman–Crippen LogP) is 5.85. The Kier molecular flexibility index (Phi) is 16.3. The summed E-state index contributed by atoms with van der Waals surface area (Å²) in [4.78, 5) is 52.7. The second-order valence-electron chi connectivity index (χ2n) is 10.0. The van der Waals surface area contributed by atoms with Gasteiger partial charge in [-0.05, 0) is 12.3 Å². The quantitative estimate of drug-likeness (QED) is 0.174. The number of hydroxylamine groups is 2. The molecule has 1 heterocycles. The van der Waals surface area contributed by atoms with E-state index in [1.54, 1.807) is 0 Å². The van der Waals surface area contributed by atoms with Gasteiger partial charge < -0.3 is 10.2 Å². The number of hydrogen-bond acceptors (Lipinski definition) is 5. The monoisotopic (exact) mass is 480 g/mol. The molecular weight excluding hydrogens is 432 g/mol. The maximum Gasteiger partial charge on any atom is 0.352 e. The highest BCUT2D eigenvalue weighted by Gasteiger charge is 2.42. The maximum atomic E-state index is 12.1. The Morgan fingerprint density at radius 3 is 1.76 bits per heavy atom. The largest absolute Gasteiger partial charge is 0.352 e. The zero-order valence-electron chi connectivity index (χ0n) is 21.9. The molecule has 0 saturated carbocycles. The number of unbranched alkanes of at least 4 members (excludes halogenated alkanes) is 14. The highest BCUT2D eigenvalue weighted by molar-refractivity contribution is 6.03. The van der Waals surface area contributed by atoms with Gasteiger partial charge in [-0.25, -0.2) is 4.79 Å². The van der Waals surface area contributed by atoms with Crippen molar-refractivity contribution in [3.05, 3.63) is 0 Å². The SMILES string of the molecule is CCCCCCCCCCCCCCCCCC(=O)NCC(=O)ON1C(=O)CC(C(C)C)C1=O. The number of nitrogens with one attached hydrogen (secondary N) is 1. The second kappa shape index (κ2) is 18.4. The molecule has 0 aliphatic carbocycles. The number of rotatable bonds is 20. The topological polar surface area (TPSA) is 92.8 Å². The highest BCUT2D eigenvalue weighted by Crippen LogP contribution is 2.26. The van der Waals surface area contributed by atoms with Crippen molar-refractivity contribution in [2.75, 3.05) is 6.54 Å². The second-order valence-corrected chi connectivity index (χ2v) is 10.0. The van der Waals surface area contributed by atoms with Crippen molar-refractivity contribution >= 4 is 23.7 Å². The van der Waals surface area contributed by atoms with E-state index < -0.39 is 23.7 Å². The lowest BCUT2D eigenvalue weighted by molar-refractivity contribution is -0.197. The van der Waals surface area contributed by atoms with E-state index in [4.69, 9.17) is 4.84 Å². The molecule has 1 unspecified atom stereocenters. The van der Waals surface area contributed by atoms with Crippen LogP contribution >= 0.6 is 0 Å². The number of hydrogen-bond donors (Lipinski definition) is 1. The summed E-state index contributed by atoms with van der Waals surface area (Å²) in [6.45, 7) is 5.60.